The number of nitrogens with zero attached hydrogens (tertiary/aromatic N) is 2. The van der Waals surface area contributed by atoms with E-state index in [-0.39, 0.29) is 17.3 Å². The van der Waals surface area contributed by atoms with Gasteiger partial charge in [-0.2, -0.15) is 8.78 Å². The molecule has 3 rings (SSSR count). The number of hydrogen-bond donors (Lipinski definition) is 0. The van der Waals surface area contributed by atoms with Crippen LogP contribution >= 0.6 is 0 Å². The lowest BCUT2D eigenvalue weighted by Gasteiger charge is -2.17. The van der Waals surface area contributed by atoms with Crippen molar-refractivity contribution in [2.24, 2.45) is 0 Å². The first kappa shape index (κ1) is 15.9. The van der Waals surface area contributed by atoms with Gasteiger partial charge in [0.2, 0.25) is 0 Å². The Labute approximate surface area is 135 Å². The second-order valence-corrected chi connectivity index (χ2v) is 5.18. The lowest BCUT2D eigenvalue weighted by Crippen LogP contribution is -2.28. The van der Waals surface area contributed by atoms with Crippen molar-refractivity contribution in [2.75, 3.05) is 11.4 Å². The quantitative estimate of drug-likeness (QED) is 0.634. The Bertz CT molecular complexity index is 793. The number of anilines is 1. The summed E-state index contributed by atoms with van der Waals surface area (Å²) in [6.07, 6.45) is 0.523. The average molecular weight is 334 g/mol. The molecule has 1 amide bonds. The van der Waals surface area contributed by atoms with Gasteiger partial charge in [-0.15, -0.1) is 0 Å². The zero-order valence-electron chi connectivity index (χ0n) is 12.3. The molecule has 1 aliphatic rings. The Balaban J connectivity index is 1.81. The molecule has 0 radical (unpaired) electrons. The van der Waals surface area contributed by atoms with Crippen LogP contribution in [0.4, 0.5) is 20.2 Å². The van der Waals surface area contributed by atoms with Crippen molar-refractivity contribution in [1.82, 2.24) is 0 Å². The van der Waals surface area contributed by atoms with Crippen LogP contribution < -0.4 is 9.64 Å². The van der Waals surface area contributed by atoms with Crippen LogP contribution in [0.1, 0.15) is 15.9 Å². The van der Waals surface area contributed by atoms with Crippen LogP contribution in [0.25, 0.3) is 0 Å². The van der Waals surface area contributed by atoms with Crippen molar-refractivity contribution in [3.8, 4) is 5.75 Å². The zero-order valence-corrected chi connectivity index (χ0v) is 12.3. The van der Waals surface area contributed by atoms with E-state index in [0.29, 0.717) is 24.2 Å². The van der Waals surface area contributed by atoms with E-state index in [0.717, 1.165) is 5.56 Å². The number of fused-ring (bicyclic) bond motifs is 1. The van der Waals surface area contributed by atoms with E-state index in [2.05, 4.69) is 4.74 Å². The van der Waals surface area contributed by atoms with Gasteiger partial charge in [0, 0.05) is 29.9 Å². The average Bonchev–Trinajstić information content (AvgIpc) is 2.97. The van der Waals surface area contributed by atoms with Crippen LogP contribution in [0.15, 0.2) is 42.5 Å². The molecule has 0 saturated carbocycles. The fourth-order valence-electron chi connectivity index (χ4n) is 2.65. The third-order valence-electron chi connectivity index (χ3n) is 3.74. The number of carbonyl (C=O) groups is 1. The second-order valence-electron chi connectivity index (χ2n) is 5.18. The molecule has 1 heterocycles. The van der Waals surface area contributed by atoms with Gasteiger partial charge in [0.05, 0.1) is 4.92 Å². The van der Waals surface area contributed by atoms with E-state index in [1.165, 1.54) is 41.3 Å². The van der Waals surface area contributed by atoms with Crippen molar-refractivity contribution in [3.63, 3.8) is 0 Å². The number of halogens is 2. The molecule has 1 aliphatic heterocycles. The maximum Gasteiger partial charge on any atom is 0.387 e. The minimum atomic E-state index is -2.92. The van der Waals surface area contributed by atoms with E-state index in [9.17, 15) is 23.7 Å². The first-order valence-electron chi connectivity index (χ1n) is 7.10. The first-order valence-corrected chi connectivity index (χ1v) is 7.10. The third kappa shape index (κ3) is 3.03. The number of hydrogen-bond acceptors (Lipinski definition) is 4. The predicted molar refractivity (Wildman–Crippen MR) is 81.6 cm³/mol. The van der Waals surface area contributed by atoms with Crippen molar-refractivity contribution in [3.05, 3.63) is 63.7 Å². The van der Waals surface area contributed by atoms with Gasteiger partial charge in [0.15, 0.2) is 0 Å². The summed E-state index contributed by atoms with van der Waals surface area (Å²) < 4.78 is 28.5. The molecule has 2 aromatic carbocycles. The molecule has 0 spiro atoms. The summed E-state index contributed by atoms with van der Waals surface area (Å²) in [6, 6.07) is 9.77. The molecule has 8 heteroatoms. The Morgan fingerprint density at radius 2 is 1.92 bits per heavy atom. The molecular formula is C16H12F2N2O4. The fraction of sp³-hybridized carbons (Fsp3) is 0.188. The number of ether oxygens (including phenoxy) is 1. The largest absolute Gasteiger partial charge is 0.435 e. The van der Waals surface area contributed by atoms with E-state index in [1.54, 1.807) is 6.07 Å². The van der Waals surface area contributed by atoms with Gasteiger partial charge in [-0.3, -0.25) is 14.9 Å². The fourth-order valence-corrected chi connectivity index (χ4v) is 2.65. The Kier molecular flexibility index (Phi) is 4.11. The number of carbonyl (C=O) groups excluding carboxylic acids is 1. The van der Waals surface area contributed by atoms with E-state index < -0.39 is 11.5 Å². The SMILES string of the molecule is O=C(c1ccc(OC(F)F)cc1)N1CCc2cc([N+](=O)[O-])ccc21. The summed E-state index contributed by atoms with van der Waals surface area (Å²) in [4.78, 5) is 24.4. The van der Waals surface area contributed by atoms with Gasteiger partial charge in [-0.25, -0.2) is 0 Å². The summed E-state index contributed by atoms with van der Waals surface area (Å²) in [5, 5.41) is 10.8. The normalized spacial score (nSPS) is 13.0. The summed E-state index contributed by atoms with van der Waals surface area (Å²) in [5.41, 5.74) is 1.66. The van der Waals surface area contributed by atoms with Gasteiger partial charge in [0.25, 0.3) is 11.6 Å². The standard InChI is InChI=1S/C16H12F2N2O4/c17-16(18)24-13-4-1-10(2-5-13)15(21)19-8-7-11-9-12(20(22)23)3-6-14(11)19/h1-6,9,16H,7-8H2. The van der Waals surface area contributed by atoms with Crippen molar-refractivity contribution in [1.29, 1.82) is 0 Å². The van der Waals surface area contributed by atoms with Crippen LogP contribution in [0, 0.1) is 10.1 Å². The Morgan fingerprint density at radius 1 is 1.21 bits per heavy atom. The van der Waals surface area contributed by atoms with Crippen molar-refractivity contribution < 1.29 is 23.2 Å². The molecule has 0 aliphatic carbocycles. The maximum atomic E-state index is 12.6. The van der Waals surface area contributed by atoms with Crippen molar-refractivity contribution >= 4 is 17.3 Å². The summed E-state index contributed by atoms with van der Waals surface area (Å²) in [7, 11) is 0. The molecule has 0 aromatic heterocycles. The number of rotatable bonds is 4. The highest BCUT2D eigenvalue weighted by atomic mass is 19.3. The zero-order chi connectivity index (χ0) is 17.3. The van der Waals surface area contributed by atoms with E-state index >= 15 is 0 Å². The number of benzene rings is 2. The highest BCUT2D eigenvalue weighted by molar-refractivity contribution is 6.07. The number of non-ortho nitro benzene ring substituents is 1. The van der Waals surface area contributed by atoms with Crippen molar-refractivity contribution in [2.45, 2.75) is 13.0 Å². The molecule has 6 nitrogen and oxygen atoms in total. The molecule has 0 unspecified atom stereocenters. The molecule has 0 N–H and O–H groups in total. The van der Waals surface area contributed by atoms with Crippen LogP contribution in [-0.4, -0.2) is 24.0 Å². The molecule has 0 saturated heterocycles. The van der Waals surface area contributed by atoms with Crippen LogP contribution in [0.2, 0.25) is 0 Å². The molecular weight excluding hydrogens is 322 g/mol. The minimum absolute atomic E-state index is 0.0171. The lowest BCUT2D eigenvalue weighted by molar-refractivity contribution is -0.384. The van der Waals surface area contributed by atoms with Gasteiger partial charge in [0.1, 0.15) is 5.75 Å². The van der Waals surface area contributed by atoms with Gasteiger partial charge in [-0.05, 0) is 42.3 Å². The highest BCUT2D eigenvalue weighted by Crippen LogP contribution is 2.32. The molecule has 0 fully saturated rings. The van der Waals surface area contributed by atoms with Gasteiger partial charge < -0.3 is 9.64 Å². The van der Waals surface area contributed by atoms with Crippen LogP contribution in [0.5, 0.6) is 5.75 Å². The van der Waals surface area contributed by atoms with Crippen LogP contribution in [0.3, 0.4) is 0 Å². The Hall–Kier alpha value is -3.03. The van der Waals surface area contributed by atoms with Gasteiger partial charge >= 0.3 is 6.61 Å². The topological polar surface area (TPSA) is 72.7 Å². The highest BCUT2D eigenvalue weighted by Gasteiger charge is 2.27. The number of nitro benzene ring substituents is 1. The maximum absolute atomic E-state index is 12.6. The number of alkyl halides is 2. The lowest BCUT2D eigenvalue weighted by atomic mass is 10.1. The molecule has 24 heavy (non-hydrogen) atoms. The third-order valence-corrected chi connectivity index (χ3v) is 3.74. The molecule has 124 valence electrons. The van der Waals surface area contributed by atoms with Gasteiger partial charge in [-0.1, -0.05) is 0 Å². The number of nitro groups is 1. The van der Waals surface area contributed by atoms with Crippen LogP contribution in [-0.2, 0) is 6.42 Å². The van der Waals surface area contributed by atoms with E-state index in [4.69, 9.17) is 0 Å². The van der Waals surface area contributed by atoms with E-state index in [1.807, 2.05) is 0 Å². The summed E-state index contributed by atoms with van der Waals surface area (Å²) in [6.45, 7) is -2.52. The monoisotopic (exact) mass is 334 g/mol. The predicted octanol–water partition coefficient (Wildman–Crippen LogP) is 3.40. The number of amides is 1. The minimum Gasteiger partial charge on any atom is -0.435 e. The molecule has 0 atom stereocenters. The second kappa shape index (κ2) is 6.23. The first-order chi connectivity index (χ1) is 11.5. The summed E-state index contributed by atoms with van der Waals surface area (Å²) in [5.74, 6) is -0.329. The smallest absolute Gasteiger partial charge is 0.387 e. The summed E-state index contributed by atoms with van der Waals surface area (Å²) >= 11 is 0. The molecule has 0 bridgehead atoms. The Morgan fingerprint density at radius 3 is 2.54 bits per heavy atom. The molecule has 2 aromatic rings.